The molecule has 3 rings (SSSR count). The quantitative estimate of drug-likeness (QED) is 0.602. The number of halogens is 2. The summed E-state index contributed by atoms with van der Waals surface area (Å²) in [4.78, 5) is 4.65. The molecule has 0 radical (unpaired) electrons. The van der Waals surface area contributed by atoms with Gasteiger partial charge in [0.15, 0.2) is 5.16 Å². The molecule has 2 N–H and O–H groups in total. The molecule has 1 heterocycles. The number of aryl methyl sites for hydroxylation is 1. The van der Waals surface area contributed by atoms with Crippen LogP contribution in [0.4, 0.5) is 0 Å². The number of hydrogen-bond acceptors (Lipinski definition) is 4. The van der Waals surface area contributed by atoms with Crippen LogP contribution < -0.4 is 5.14 Å². The standard InChI is InChI=1S/C14H17Cl2N3O2S2/c1-2-5-19-12-4-3-10(23(17,20)21)6-11(12)18-13(19)22-8-9-7-14(9,15)16/h3-4,6,9H,2,5,7-8H2,1H3,(H2,17,20,21). The number of sulfonamides is 1. The summed E-state index contributed by atoms with van der Waals surface area (Å²) in [6.45, 7) is 2.90. The number of aromatic nitrogens is 2. The molecule has 1 fully saturated rings. The van der Waals surface area contributed by atoms with Gasteiger partial charge in [-0.15, -0.1) is 23.2 Å². The molecule has 1 aliphatic carbocycles. The average molecular weight is 394 g/mol. The van der Waals surface area contributed by atoms with Gasteiger partial charge in [-0.3, -0.25) is 0 Å². The fraction of sp³-hybridized carbons (Fsp3) is 0.500. The lowest BCUT2D eigenvalue weighted by Gasteiger charge is -2.07. The summed E-state index contributed by atoms with van der Waals surface area (Å²) in [6, 6.07) is 4.79. The Balaban J connectivity index is 1.94. The van der Waals surface area contributed by atoms with Crippen molar-refractivity contribution in [1.82, 2.24) is 9.55 Å². The Morgan fingerprint density at radius 2 is 2.17 bits per heavy atom. The van der Waals surface area contributed by atoms with Crippen molar-refractivity contribution in [1.29, 1.82) is 0 Å². The van der Waals surface area contributed by atoms with Gasteiger partial charge in [0.25, 0.3) is 0 Å². The number of fused-ring (bicyclic) bond motifs is 1. The number of imidazole rings is 1. The molecule has 0 amide bonds. The van der Waals surface area contributed by atoms with Gasteiger partial charge >= 0.3 is 0 Å². The number of rotatable bonds is 6. The van der Waals surface area contributed by atoms with Crippen LogP contribution in [0.25, 0.3) is 11.0 Å². The molecule has 0 bridgehead atoms. The molecule has 0 spiro atoms. The van der Waals surface area contributed by atoms with Crippen LogP contribution in [-0.4, -0.2) is 28.1 Å². The Morgan fingerprint density at radius 1 is 1.48 bits per heavy atom. The van der Waals surface area contributed by atoms with Crippen LogP contribution >= 0.6 is 35.0 Å². The van der Waals surface area contributed by atoms with Crippen molar-refractivity contribution < 1.29 is 8.42 Å². The summed E-state index contributed by atoms with van der Waals surface area (Å²) in [7, 11) is -3.73. The lowest BCUT2D eigenvalue weighted by molar-refractivity contribution is 0.598. The van der Waals surface area contributed by atoms with Gasteiger partial charge in [-0.2, -0.15) is 0 Å². The predicted octanol–water partition coefficient (Wildman–Crippen LogP) is 3.38. The number of alkyl halides is 2. The van der Waals surface area contributed by atoms with Gasteiger partial charge in [-0.05, 0) is 31.0 Å². The maximum atomic E-state index is 11.5. The zero-order chi connectivity index (χ0) is 16.8. The molecule has 1 atom stereocenters. The summed E-state index contributed by atoms with van der Waals surface area (Å²) in [5, 5.41) is 6.04. The SMILES string of the molecule is CCCn1c(SCC2CC2(Cl)Cl)nc2cc(S(N)(=O)=O)ccc21. The van der Waals surface area contributed by atoms with E-state index in [4.69, 9.17) is 28.3 Å². The second-order valence-corrected chi connectivity index (χ2v) is 9.81. The van der Waals surface area contributed by atoms with Gasteiger partial charge in [0, 0.05) is 18.2 Å². The van der Waals surface area contributed by atoms with Gasteiger partial charge in [0.2, 0.25) is 10.0 Å². The van der Waals surface area contributed by atoms with Crippen LogP contribution in [-0.2, 0) is 16.6 Å². The van der Waals surface area contributed by atoms with Gasteiger partial charge in [0.1, 0.15) is 4.33 Å². The monoisotopic (exact) mass is 393 g/mol. The minimum Gasteiger partial charge on any atom is -0.319 e. The molecule has 23 heavy (non-hydrogen) atoms. The van der Waals surface area contributed by atoms with Crippen LogP contribution in [0.15, 0.2) is 28.3 Å². The maximum absolute atomic E-state index is 11.5. The fourth-order valence-electron chi connectivity index (χ4n) is 2.44. The van der Waals surface area contributed by atoms with E-state index >= 15 is 0 Å². The Morgan fingerprint density at radius 3 is 2.74 bits per heavy atom. The van der Waals surface area contributed by atoms with Gasteiger partial charge in [-0.1, -0.05) is 18.7 Å². The number of hydrogen-bond donors (Lipinski definition) is 1. The van der Waals surface area contributed by atoms with Crippen molar-refractivity contribution >= 4 is 56.0 Å². The van der Waals surface area contributed by atoms with Crippen molar-refractivity contribution in [3.05, 3.63) is 18.2 Å². The molecular weight excluding hydrogens is 377 g/mol. The summed E-state index contributed by atoms with van der Waals surface area (Å²) < 4.78 is 24.5. The third kappa shape index (κ3) is 3.64. The summed E-state index contributed by atoms with van der Waals surface area (Å²) in [5.74, 6) is 1.06. The fourth-order valence-corrected chi connectivity index (χ4v) is 4.94. The van der Waals surface area contributed by atoms with E-state index in [0.29, 0.717) is 5.52 Å². The van der Waals surface area contributed by atoms with Gasteiger partial charge in [-0.25, -0.2) is 18.5 Å². The van der Waals surface area contributed by atoms with E-state index in [-0.39, 0.29) is 10.8 Å². The van der Waals surface area contributed by atoms with E-state index in [9.17, 15) is 8.42 Å². The highest BCUT2D eigenvalue weighted by Gasteiger charge is 2.51. The highest BCUT2D eigenvalue weighted by atomic mass is 35.5. The number of primary sulfonamides is 1. The van der Waals surface area contributed by atoms with E-state index in [1.54, 1.807) is 17.8 Å². The molecule has 5 nitrogen and oxygen atoms in total. The third-order valence-corrected chi connectivity index (χ3v) is 6.81. The molecule has 1 aliphatic rings. The van der Waals surface area contributed by atoms with Crippen LogP contribution in [0.2, 0.25) is 0 Å². The van der Waals surface area contributed by atoms with Gasteiger partial charge < -0.3 is 4.57 Å². The molecule has 0 saturated heterocycles. The molecule has 9 heteroatoms. The van der Waals surface area contributed by atoms with E-state index in [2.05, 4.69) is 16.5 Å². The largest absolute Gasteiger partial charge is 0.319 e. The zero-order valence-electron chi connectivity index (χ0n) is 12.5. The average Bonchev–Trinajstić information content (AvgIpc) is 2.92. The van der Waals surface area contributed by atoms with Gasteiger partial charge in [0.05, 0.1) is 15.9 Å². The topological polar surface area (TPSA) is 78.0 Å². The second-order valence-electron chi connectivity index (χ2n) is 5.71. The number of benzene rings is 1. The van der Waals surface area contributed by atoms with Crippen molar-refractivity contribution in [3.63, 3.8) is 0 Å². The second kappa shape index (κ2) is 6.11. The lowest BCUT2D eigenvalue weighted by Crippen LogP contribution is -2.11. The summed E-state index contributed by atoms with van der Waals surface area (Å²) >= 11 is 13.7. The number of nitrogens with two attached hydrogens (primary N) is 1. The normalized spacial score (nSPS) is 20.1. The van der Waals surface area contributed by atoms with E-state index in [1.165, 1.54) is 12.1 Å². The first-order valence-corrected chi connectivity index (χ1v) is 10.5. The highest BCUT2D eigenvalue weighted by molar-refractivity contribution is 7.99. The summed E-state index contributed by atoms with van der Waals surface area (Å²) in [6.07, 6.45) is 1.75. The highest BCUT2D eigenvalue weighted by Crippen LogP contribution is 2.54. The number of thioether (sulfide) groups is 1. The molecule has 1 aromatic heterocycles. The Bertz CT molecular complexity index is 849. The first-order chi connectivity index (χ1) is 10.7. The summed E-state index contributed by atoms with van der Waals surface area (Å²) in [5.41, 5.74) is 1.53. The predicted molar refractivity (Wildman–Crippen MR) is 94.7 cm³/mol. The van der Waals surface area contributed by atoms with Crippen molar-refractivity contribution in [3.8, 4) is 0 Å². The first kappa shape index (κ1) is 17.4. The van der Waals surface area contributed by atoms with E-state index in [1.807, 2.05) is 0 Å². The molecule has 1 aromatic carbocycles. The number of nitrogens with zero attached hydrogens (tertiary/aromatic N) is 2. The van der Waals surface area contributed by atoms with Crippen LogP contribution in [0.5, 0.6) is 0 Å². The molecule has 126 valence electrons. The molecule has 2 aromatic rings. The smallest absolute Gasteiger partial charge is 0.238 e. The molecule has 1 unspecified atom stereocenters. The zero-order valence-corrected chi connectivity index (χ0v) is 15.6. The van der Waals surface area contributed by atoms with Crippen LogP contribution in [0.1, 0.15) is 19.8 Å². The third-order valence-electron chi connectivity index (χ3n) is 3.83. The van der Waals surface area contributed by atoms with Crippen molar-refractivity contribution in [2.45, 2.75) is 40.7 Å². The molecule has 0 aliphatic heterocycles. The van der Waals surface area contributed by atoms with E-state index < -0.39 is 14.4 Å². The maximum Gasteiger partial charge on any atom is 0.238 e. The Labute approximate surface area is 149 Å². The Hall–Kier alpha value is -0.470. The van der Waals surface area contributed by atoms with Crippen LogP contribution in [0.3, 0.4) is 0 Å². The molecule has 1 saturated carbocycles. The van der Waals surface area contributed by atoms with Crippen molar-refractivity contribution in [2.75, 3.05) is 5.75 Å². The lowest BCUT2D eigenvalue weighted by atomic mass is 10.3. The Kier molecular flexibility index (Phi) is 4.61. The van der Waals surface area contributed by atoms with Crippen LogP contribution in [0, 0.1) is 5.92 Å². The molecular formula is C14H17Cl2N3O2S2. The van der Waals surface area contributed by atoms with Crippen molar-refractivity contribution in [2.24, 2.45) is 11.1 Å². The minimum atomic E-state index is -3.73. The van der Waals surface area contributed by atoms with E-state index in [0.717, 1.165) is 35.8 Å². The first-order valence-electron chi connectivity index (χ1n) is 7.26. The minimum absolute atomic E-state index is 0.0745.